The fourth-order valence-electron chi connectivity index (χ4n) is 3.25. The molecule has 3 N–H and O–H groups in total. The molecule has 0 radical (unpaired) electrons. The van der Waals surface area contributed by atoms with Gasteiger partial charge in [-0.05, 0) is 24.3 Å². The van der Waals surface area contributed by atoms with E-state index in [1.165, 1.54) is 21.9 Å². The van der Waals surface area contributed by atoms with Gasteiger partial charge in [-0.2, -0.15) is 13.2 Å². The summed E-state index contributed by atoms with van der Waals surface area (Å²) in [5.74, 6) is -0.572. The number of alkyl halides is 3. The van der Waals surface area contributed by atoms with E-state index in [2.05, 4.69) is 16.0 Å². The summed E-state index contributed by atoms with van der Waals surface area (Å²) in [6, 6.07) is 4.30. The minimum absolute atomic E-state index is 0. The van der Waals surface area contributed by atoms with Crippen molar-refractivity contribution in [2.75, 3.05) is 50.7 Å². The van der Waals surface area contributed by atoms with Gasteiger partial charge >= 0.3 is 12.2 Å². The minimum Gasteiger partial charge on any atom is -0.350 e. The van der Waals surface area contributed by atoms with Crippen LogP contribution < -0.4 is 20.9 Å². The van der Waals surface area contributed by atoms with Crippen LogP contribution in [0.25, 0.3) is 0 Å². The van der Waals surface area contributed by atoms with Crippen LogP contribution in [-0.4, -0.2) is 74.9 Å². The normalized spacial score (nSPS) is 19.0. The molecule has 11 heteroatoms. The number of nitrogens with one attached hydrogen (secondary N) is 3. The van der Waals surface area contributed by atoms with E-state index in [0.29, 0.717) is 31.9 Å². The number of hydrogen-bond acceptors (Lipinski definition) is 4. The number of halogens is 4. The second kappa shape index (κ2) is 9.44. The van der Waals surface area contributed by atoms with Gasteiger partial charge in [-0.3, -0.25) is 14.6 Å². The van der Waals surface area contributed by atoms with E-state index in [9.17, 15) is 22.8 Å². The Kier molecular flexibility index (Phi) is 7.50. The zero-order valence-electron chi connectivity index (χ0n) is 15.1. The molecule has 2 aliphatic rings. The number of urea groups is 1. The van der Waals surface area contributed by atoms with Gasteiger partial charge in [0.1, 0.15) is 6.04 Å². The van der Waals surface area contributed by atoms with Crippen LogP contribution in [0.4, 0.5) is 23.7 Å². The number of carbonyl (C=O) groups is 2. The lowest BCUT2D eigenvalue weighted by molar-refractivity contribution is -0.183. The molecule has 0 saturated carbocycles. The lowest BCUT2D eigenvalue weighted by Gasteiger charge is -2.35. The Morgan fingerprint density at radius 3 is 2.29 bits per heavy atom. The molecular weight excluding hydrogens is 399 g/mol. The van der Waals surface area contributed by atoms with Gasteiger partial charge in [0.05, 0.1) is 0 Å². The molecule has 28 heavy (non-hydrogen) atoms. The average Bonchev–Trinajstić information content (AvgIpc) is 3.07. The van der Waals surface area contributed by atoms with Crippen LogP contribution in [0.3, 0.4) is 0 Å². The van der Waals surface area contributed by atoms with Crippen molar-refractivity contribution in [2.24, 2.45) is 0 Å². The predicted molar refractivity (Wildman–Crippen MR) is 101 cm³/mol. The summed E-state index contributed by atoms with van der Waals surface area (Å²) in [4.78, 5) is 26.8. The zero-order chi connectivity index (χ0) is 19.4. The van der Waals surface area contributed by atoms with Crippen LogP contribution in [-0.2, 0) is 0 Å². The highest BCUT2D eigenvalue weighted by molar-refractivity contribution is 5.97. The number of amides is 3. The summed E-state index contributed by atoms with van der Waals surface area (Å²) in [5, 5.41) is 8.08. The van der Waals surface area contributed by atoms with Crippen LogP contribution in [0.2, 0.25) is 0 Å². The van der Waals surface area contributed by atoms with E-state index >= 15 is 0 Å². The Morgan fingerprint density at radius 1 is 1.11 bits per heavy atom. The molecule has 1 aromatic carbocycles. The number of hydrogen-bond donors (Lipinski definition) is 3. The SMILES string of the molecule is Cl.O=C(NCC(N1CCNCC1)C(F)(F)F)c1ccc(N2CCNC2=O)cc1. The Hall–Kier alpha value is -2.04. The maximum Gasteiger partial charge on any atom is 0.405 e. The van der Waals surface area contributed by atoms with Gasteiger partial charge in [0.2, 0.25) is 0 Å². The van der Waals surface area contributed by atoms with E-state index in [1.54, 1.807) is 12.1 Å². The summed E-state index contributed by atoms with van der Waals surface area (Å²) >= 11 is 0. The fourth-order valence-corrected chi connectivity index (χ4v) is 3.25. The van der Waals surface area contributed by atoms with E-state index < -0.39 is 24.7 Å². The van der Waals surface area contributed by atoms with E-state index in [0.717, 1.165) is 0 Å². The standard InChI is InChI=1S/C17H22F3N5O2.ClH/c18-17(19,20)14(24-8-5-21-6-9-24)11-23-15(26)12-1-3-13(4-2-12)25-10-7-22-16(25)27;/h1-4,14,21H,5-11H2,(H,22,27)(H,23,26);1H. The van der Waals surface area contributed by atoms with Gasteiger partial charge in [-0.1, -0.05) is 0 Å². The molecule has 3 amide bonds. The summed E-state index contributed by atoms with van der Waals surface area (Å²) < 4.78 is 40.1. The predicted octanol–water partition coefficient (Wildman–Crippen LogP) is 1.20. The van der Waals surface area contributed by atoms with Gasteiger partial charge < -0.3 is 16.0 Å². The first-order chi connectivity index (χ1) is 12.9. The number of benzene rings is 1. The summed E-state index contributed by atoms with van der Waals surface area (Å²) in [7, 11) is 0. The average molecular weight is 422 g/mol. The zero-order valence-corrected chi connectivity index (χ0v) is 15.9. The molecule has 2 saturated heterocycles. The van der Waals surface area contributed by atoms with Crippen molar-refractivity contribution in [1.82, 2.24) is 20.9 Å². The third kappa shape index (κ3) is 5.27. The fraction of sp³-hybridized carbons (Fsp3) is 0.529. The van der Waals surface area contributed by atoms with Crippen LogP contribution in [0.1, 0.15) is 10.4 Å². The topological polar surface area (TPSA) is 76.7 Å². The van der Waals surface area contributed by atoms with Gasteiger partial charge in [-0.25, -0.2) is 4.79 Å². The number of carbonyl (C=O) groups excluding carboxylic acids is 2. The molecule has 0 spiro atoms. The van der Waals surface area contributed by atoms with E-state index in [-0.39, 0.29) is 37.1 Å². The Bertz CT molecular complexity index is 680. The van der Waals surface area contributed by atoms with Gasteiger partial charge in [-0.15, -0.1) is 12.4 Å². The summed E-state index contributed by atoms with van der Waals surface area (Å²) in [6.45, 7) is 2.13. The quantitative estimate of drug-likeness (QED) is 0.668. The first-order valence-electron chi connectivity index (χ1n) is 8.81. The highest BCUT2D eigenvalue weighted by atomic mass is 35.5. The number of rotatable bonds is 5. The summed E-state index contributed by atoms with van der Waals surface area (Å²) in [6.07, 6.45) is -4.42. The first-order valence-corrected chi connectivity index (χ1v) is 8.81. The largest absolute Gasteiger partial charge is 0.405 e. The highest BCUT2D eigenvalue weighted by Gasteiger charge is 2.43. The Labute approximate surface area is 167 Å². The molecule has 2 fully saturated rings. The van der Waals surface area contributed by atoms with Crippen LogP contribution in [0.5, 0.6) is 0 Å². The molecule has 2 aliphatic heterocycles. The smallest absolute Gasteiger partial charge is 0.350 e. The Balaban J connectivity index is 0.00000280. The number of piperazine rings is 1. The molecule has 1 atom stereocenters. The molecule has 1 aromatic rings. The third-order valence-electron chi connectivity index (χ3n) is 4.72. The maximum absolute atomic E-state index is 13.4. The number of nitrogens with zero attached hydrogens (tertiary/aromatic N) is 2. The molecular formula is C17H23ClF3N5O2. The van der Waals surface area contributed by atoms with Gasteiger partial charge in [0, 0.05) is 57.1 Å². The number of anilines is 1. The van der Waals surface area contributed by atoms with Crippen molar-refractivity contribution in [2.45, 2.75) is 12.2 Å². The van der Waals surface area contributed by atoms with Crippen molar-refractivity contribution in [3.63, 3.8) is 0 Å². The van der Waals surface area contributed by atoms with Crippen molar-refractivity contribution in [3.8, 4) is 0 Å². The van der Waals surface area contributed by atoms with Crippen LogP contribution in [0, 0.1) is 0 Å². The lowest BCUT2D eigenvalue weighted by Crippen LogP contribution is -2.57. The molecule has 0 aromatic heterocycles. The second-order valence-electron chi connectivity index (χ2n) is 6.48. The highest BCUT2D eigenvalue weighted by Crippen LogP contribution is 2.25. The van der Waals surface area contributed by atoms with E-state index in [4.69, 9.17) is 0 Å². The molecule has 0 aliphatic carbocycles. The lowest BCUT2D eigenvalue weighted by atomic mass is 10.1. The van der Waals surface area contributed by atoms with Crippen molar-refractivity contribution < 1.29 is 22.8 Å². The van der Waals surface area contributed by atoms with Crippen molar-refractivity contribution in [1.29, 1.82) is 0 Å². The van der Waals surface area contributed by atoms with Crippen LogP contribution >= 0.6 is 12.4 Å². The second-order valence-corrected chi connectivity index (χ2v) is 6.48. The molecule has 3 rings (SSSR count). The van der Waals surface area contributed by atoms with Crippen molar-refractivity contribution in [3.05, 3.63) is 29.8 Å². The minimum atomic E-state index is -4.42. The van der Waals surface area contributed by atoms with E-state index in [1.807, 2.05) is 0 Å². The van der Waals surface area contributed by atoms with Gasteiger partial charge in [0.15, 0.2) is 0 Å². The van der Waals surface area contributed by atoms with Crippen LogP contribution in [0.15, 0.2) is 24.3 Å². The Morgan fingerprint density at radius 2 is 1.75 bits per heavy atom. The van der Waals surface area contributed by atoms with Gasteiger partial charge in [0.25, 0.3) is 5.91 Å². The molecule has 7 nitrogen and oxygen atoms in total. The summed E-state index contributed by atoms with van der Waals surface area (Å²) in [5.41, 5.74) is 0.884. The molecule has 2 heterocycles. The monoisotopic (exact) mass is 421 g/mol. The first kappa shape index (κ1) is 22.3. The maximum atomic E-state index is 13.4. The molecule has 156 valence electrons. The third-order valence-corrected chi connectivity index (χ3v) is 4.72. The van der Waals surface area contributed by atoms with Crippen molar-refractivity contribution >= 4 is 30.0 Å². The molecule has 0 bridgehead atoms. The molecule has 1 unspecified atom stereocenters.